The van der Waals surface area contributed by atoms with Crippen molar-refractivity contribution < 1.29 is 18.3 Å². The summed E-state index contributed by atoms with van der Waals surface area (Å²) in [6, 6.07) is 16.7. The molecule has 1 aromatic heterocycles. The van der Waals surface area contributed by atoms with Gasteiger partial charge in [0.2, 0.25) is 5.78 Å². The number of Topliss-reactive ketones (excluding diaryl/α,β-unsaturated/α-hetero) is 1. The third-order valence-electron chi connectivity index (χ3n) is 4.90. The summed E-state index contributed by atoms with van der Waals surface area (Å²) in [4.78, 5) is 17.5. The van der Waals surface area contributed by atoms with Crippen LogP contribution in [0.5, 0.6) is 0 Å². The van der Waals surface area contributed by atoms with E-state index in [2.05, 4.69) is 4.98 Å². The molecule has 146 valence electrons. The van der Waals surface area contributed by atoms with E-state index in [0.29, 0.717) is 0 Å². The molecular weight excluding hydrogens is 388 g/mol. The first-order valence-electron chi connectivity index (χ1n) is 8.90. The Hall–Kier alpha value is -3.45. The number of rotatable bonds is 3. The van der Waals surface area contributed by atoms with Gasteiger partial charge in [-0.05, 0) is 36.8 Å². The minimum absolute atomic E-state index is 0.0315. The van der Waals surface area contributed by atoms with Gasteiger partial charge in [-0.25, -0.2) is 8.42 Å². The smallest absolute Gasteiger partial charge is 0.265 e. The van der Waals surface area contributed by atoms with Gasteiger partial charge in [0.1, 0.15) is 5.70 Å². The lowest BCUT2D eigenvalue weighted by Crippen LogP contribution is -2.35. The molecule has 3 aromatic rings. The van der Waals surface area contributed by atoms with Crippen LogP contribution in [-0.2, 0) is 10.0 Å². The summed E-state index contributed by atoms with van der Waals surface area (Å²) in [6.45, 7) is 1.89. The highest BCUT2D eigenvalue weighted by Crippen LogP contribution is 2.36. The lowest BCUT2D eigenvalue weighted by molar-refractivity contribution is 0.101. The van der Waals surface area contributed by atoms with Gasteiger partial charge in [0, 0.05) is 35.6 Å². The molecule has 2 heterocycles. The second-order valence-corrected chi connectivity index (χ2v) is 8.70. The van der Waals surface area contributed by atoms with Gasteiger partial charge in [0.05, 0.1) is 4.90 Å². The highest BCUT2D eigenvalue weighted by Gasteiger charge is 2.37. The molecule has 2 aromatic carbocycles. The number of carbonyl (C=O) groups is 1. The second kappa shape index (κ2) is 6.86. The van der Waals surface area contributed by atoms with Crippen molar-refractivity contribution in [1.29, 1.82) is 0 Å². The van der Waals surface area contributed by atoms with E-state index in [1.165, 1.54) is 19.2 Å². The number of likely N-dealkylation sites (N-methyl/N-ethyl adjacent to an activating group) is 1. The molecule has 0 spiro atoms. The normalized spacial score (nSPS) is 15.2. The molecule has 4 rings (SSSR count). The molecule has 0 saturated heterocycles. The number of aryl methyl sites for hydroxylation is 1. The Balaban J connectivity index is 1.83. The van der Waals surface area contributed by atoms with E-state index in [-0.39, 0.29) is 27.5 Å². The van der Waals surface area contributed by atoms with Crippen LogP contribution in [0.3, 0.4) is 0 Å². The fourth-order valence-electron chi connectivity index (χ4n) is 3.30. The summed E-state index contributed by atoms with van der Waals surface area (Å²) in [5.74, 6) is -0.935. The van der Waals surface area contributed by atoms with E-state index in [9.17, 15) is 18.3 Å². The molecule has 29 heavy (non-hydrogen) atoms. The standard InChI is InChI=1S/C22H18N2O4S/c1-14-10-11-17(13-23-14)15-6-5-7-16(12-15)21(25)20-22(26)18-8-3-4-9-19(18)29(27,28)24(20)2/h3-13,26H,1-2H3. The minimum Gasteiger partial charge on any atom is -0.505 e. The van der Waals surface area contributed by atoms with Crippen molar-refractivity contribution in [3.8, 4) is 11.1 Å². The Morgan fingerprint density at radius 2 is 1.76 bits per heavy atom. The lowest BCUT2D eigenvalue weighted by Gasteiger charge is -2.28. The number of ketones is 1. The maximum Gasteiger partial charge on any atom is 0.265 e. The van der Waals surface area contributed by atoms with Gasteiger partial charge in [-0.3, -0.25) is 14.1 Å². The number of fused-ring (bicyclic) bond motifs is 1. The van der Waals surface area contributed by atoms with Crippen LogP contribution in [0.2, 0.25) is 0 Å². The zero-order chi connectivity index (χ0) is 20.8. The number of hydrogen-bond acceptors (Lipinski definition) is 5. The molecule has 0 bridgehead atoms. The maximum absolute atomic E-state index is 13.2. The van der Waals surface area contributed by atoms with Crippen LogP contribution in [-0.4, -0.2) is 35.6 Å². The lowest BCUT2D eigenvalue weighted by atomic mass is 9.99. The van der Waals surface area contributed by atoms with Crippen LogP contribution in [0, 0.1) is 6.92 Å². The second-order valence-electron chi connectivity index (χ2n) is 6.76. The van der Waals surface area contributed by atoms with Gasteiger partial charge >= 0.3 is 0 Å². The molecule has 0 atom stereocenters. The zero-order valence-corrected chi connectivity index (χ0v) is 16.6. The molecule has 1 aliphatic rings. The van der Waals surface area contributed by atoms with Crippen molar-refractivity contribution >= 4 is 21.6 Å². The third kappa shape index (κ3) is 3.09. The summed E-state index contributed by atoms with van der Waals surface area (Å²) in [7, 11) is -2.67. The predicted molar refractivity (Wildman–Crippen MR) is 110 cm³/mol. The minimum atomic E-state index is -3.94. The van der Waals surface area contributed by atoms with Gasteiger partial charge in [-0.15, -0.1) is 0 Å². The number of aliphatic hydroxyl groups excluding tert-OH is 1. The van der Waals surface area contributed by atoms with Crippen molar-refractivity contribution in [2.75, 3.05) is 7.05 Å². The Labute approximate surface area is 168 Å². The summed E-state index contributed by atoms with van der Waals surface area (Å²) >= 11 is 0. The average molecular weight is 406 g/mol. The number of nitrogens with zero attached hydrogens (tertiary/aromatic N) is 2. The summed E-state index contributed by atoms with van der Waals surface area (Å²) in [6.07, 6.45) is 1.71. The summed E-state index contributed by atoms with van der Waals surface area (Å²) in [5, 5.41) is 10.7. The van der Waals surface area contributed by atoms with Crippen LogP contribution >= 0.6 is 0 Å². The third-order valence-corrected chi connectivity index (χ3v) is 6.72. The van der Waals surface area contributed by atoms with Crippen LogP contribution in [0.15, 0.2) is 77.5 Å². The molecule has 7 heteroatoms. The number of carbonyl (C=O) groups excluding carboxylic acids is 1. The Morgan fingerprint density at radius 1 is 1.00 bits per heavy atom. The Bertz CT molecular complexity index is 1260. The predicted octanol–water partition coefficient (Wildman–Crippen LogP) is 3.80. The first kappa shape index (κ1) is 18.9. The number of sulfonamides is 1. The van der Waals surface area contributed by atoms with Crippen molar-refractivity contribution in [2.24, 2.45) is 0 Å². The maximum atomic E-state index is 13.2. The van der Waals surface area contributed by atoms with E-state index >= 15 is 0 Å². The first-order valence-corrected chi connectivity index (χ1v) is 10.3. The molecule has 0 saturated carbocycles. The molecule has 0 unspecified atom stereocenters. The number of pyridine rings is 1. The van der Waals surface area contributed by atoms with Gasteiger partial charge in [0.15, 0.2) is 5.76 Å². The molecule has 0 fully saturated rings. The van der Waals surface area contributed by atoms with Crippen molar-refractivity contribution in [2.45, 2.75) is 11.8 Å². The number of hydrogen-bond donors (Lipinski definition) is 1. The average Bonchev–Trinajstić information content (AvgIpc) is 2.73. The Kier molecular flexibility index (Phi) is 4.47. The summed E-state index contributed by atoms with van der Waals surface area (Å²) < 4.78 is 26.5. The van der Waals surface area contributed by atoms with Crippen LogP contribution in [0.4, 0.5) is 0 Å². The van der Waals surface area contributed by atoms with Gasteiger partial charge in [0.25, 0.3) is 10.0 Å². The number of allylic oxidation sites excluding steroid dienone is 1. The molecule has 1 aliphatic heterocycles. The molecular formula is C22H18N2O4S. The quantitative estimate of drug-likeness (QED) is 0.669. The Morgan fingerprint density at radius 3 is 2.48 bits per heavy atom. The van der Waals surface area contributed by atoms with Gasteiger partial charge < -0.3 is 5.11 Å². The van der Waals surface area contributed by atoms with Crippen LogP contribution < -0.4 is 0 Å². The van der Waals surface area contributed by atoms with Gasteiger partial charge in [-0.1, -0.05) is 36.4 Å². The fourth-order valence-corrected chi connectivity index (χ4v) is 4.70. The van der Waals surface area contributed by atoms with E-state index in [4.69, 9.17) is 0 Å². The first-order chi connectivity index (χ1) is 13.8. The van der Waals surface area contributed by atoms with E-state index in [1.807, 2.05) is 25.1 Å². The fraction of sp³-hybridized carbons (Fsp3) is 0.0909. The summed E-state index contributed by atoms with van der Waals surface area (Å²) in [5.41, 5.74) is 2.59. The van der Waals surface area contributed by atoms with E-state index in [1.54, 1.807) is 36.5 Å². The highest BCUT2D eigenvalue weighted by atomic mass is 32.2. The number of aliphatic hydroxyl groups is 1. The van der Waals surface area contributed by atoms with Crippen LogP contribution in [0.1, 0.15) is 21.6 Å². The monoisotopic (exact) mass is 406 g/mol. The molecule has 0 aliphatic carbocycles. The van der Waals surface area contributed by atoms with E-state index < -0.39 is 15.8 Å². The largest absolute Gasteiger partial charge is 0.505 e. The van der Waals surface area contributed by atoms with Crippen LogP contribution in [0.25, 0.3) is 16.9 Å². The molecule has 0 radical (unpaired) electrons. The highest BCUT2D eigenvalue weighted by molar-refractivity contribution is 7.89. The zero-order valence-electron chi connectivity index (χ0n) is 15.8. The molecule has 0 amide bonds. The number of benzene rings is 2. The SMILES string of the molecule is Cc1ccc(-c2cccc(C(=O)C3=C(O)c4ccccc4S(=O)(=O)N3C)c2)cn1. The molecule has 6 nitrogen and oxygen atoms in total. The van der Waals surface area contributed by atoms with Gasteiger partial charge in [-0.2, -0.15) is 0 Å². The van der Waals surface area contributed by atoms with Crippen molar-refractivity contribution in [3.63, 3.8) is 0 Å². The van der Waals surface area contributed by atoms with E-state index in [0.717, 1.165) is 21.1 Å². The molecule has 1 N–H and O–H groups in total. The van der Waals surface area contributed by atoms with Crippen molar-refractivity contribution in [3.05, 3.63) is 89.4 Å². The number of aromatic nitrogens is 1. The van der Waals surface area contributed by atoms with Crippen molar-refractivity contribution in [1.82, 2.24) is 9.29 Å². The topological polar surface area (TPSA) is 87.6 Å².